The summed E-state index contributed by atoms with van der Waals surface area (Å²) in [5.41, 5.74) is 1.89. The minimum Gasteiger partial charge on any atom is -0.489 e. The van der Waals surface area contributed by atoms with Crippen molar-refractivity contribution >= 4 is 17.0 Å². The van der Waals surface area contributed by atoms with Gasteiger partial charge in [0.05, 0.1) is 5.56 Å². The second kappa shape index (κ2) is 5.57. The molecule has 98 valence electrons. The summed E-state index contributed by atoms with van der Waals surface area (Å²) >= 11 is 0. The number of aryl methyl sites for hydroxylation is 1. The fraction of sp³-hybridized carbons (Fsp3) is 0.188. The molecule has 2 aromatic rings. The van der Waals surface area contributed by atoms with Crippen LogP contribution in [0.3, 0.4) is 0 Å². The predicted octanol–water partition coefficient (Wildman–Crippen LogP) is 3.70. The van der Waals surface area contributed by atoms with E-state index < -0.39 is 0 Å². The first kappa shape index (κ1) is 13.1. The number of allylic oxidation sites excluding steroid dienone is 1. The molecule has 0 aliphatic rings. The second-order valence-electron chi connectivity index (χ2n) is 4.20. The lowest BCUT2D eigenvalue weighted by Crippen LogP contribution is -2.01. The Morgan fingerprint density at radius 3 is 2.89 bits per heavy atom. The highest BCUT2D eigenvalue weighted by Gasteiger charge is 2.11. The van der Waals surface area contributed by atoms with E-state index in [2.05, 4.69) is 6.58 Å². The van der Waals surface area contributed by atoms with Gasteiger partial charge in [0.25, 0.3) is 0 Å². The highest BCUT2D eigenvalue weighted by molar-refractivity contribution is 5.90. The van der Waals surface area contributed by atoms with Gasteiger partial charge in [-0.1, -0.05) is 24.8 Å². The van der Waals surface area contributed by atoms with Crippen LogP contribution in [0.25, 0.3) is 17.0 Å². The molecule has 0 radical (unpaired) electrons. The van der Waals surface area contributed by atoms with E-state index in [0.29, 0.717) is 17.9 Å². The van der Waals surface area contributed by atoms with Crippen LogP contribution < -0.4 is 10.4 Å². The van der Waals surface area contributed by atoms with Gasteiger partial charge in [-0.25, -0.2) is 4.79 Å². The van der Waals surface area contributed by atoms with Crippen LogP contribution in [0.4, 0.5) is 0 Å². The van der Waals surface area contributed by atoms with Crippen LogP contribution in [0.2, 0.25) is 0 Å². The van der Waals surface area contributed by atoms with Crippen LogP contribution in [0.15, 0.2) is 46.1 Å². The minimum absolute atomic E-state index is 0.350. The van der Waals surface area contributed by atoms with Gasteiger partial charge in [-0.05, 0) is 31.5 Å². The van der Waals surface area contributed by atoms with Crippen LogP contribution in [0, 0.1) is 6.92 Å². The predicted molar refractivity (Wildman–Crippen MR) is 77.6 cm³/mol. The van der Waals surface area contributed by atoms with Gasteiger partial charge in [-0.15, -0.1) is 0 Å². The van der Waals surface area contributed by atoms with Crippen molar-refractivity contribution in [1.82, 2.24) is 0 Å². The lowest BCUT2D eigenvalue weighted by Gasteiger charge is -2.10. The van der Waals surface area contributed by atoms with E-state index in [1.54, 1.807) is 6.08 Å². The second-order valence-corrected chi connectivity index (χ2v) is 4.20. The number of hydrogen-bond acceptors (Lipinski definition) is 3. The van der Waals surface area contributed by atoms with Gasteiger partial charge >= 0.3 is 5.63 Å². The van der Waals surface area contributed by atoms with Crippen molar-refractivity contribution in [3.8, 4) is 5.75 Å². The molecule has 0 atom stereocenters. The van der Waals surface area contributed by atoms with E-state index in [1.807, 2.05) is 38.1 Å². The van der Waals surface area contributed by atoms with Gasteiger partial charge in [-0.2, -0.15) is 0 Å². The number of benzene rings is 1. The molecule has 0 unspecified atom stereocenters. The molecular weight excluding hydrogens is 240 g/mol. The molecule has 2 rings (SSSR count). The Morgan fingerprint density at radius 2 is 2.21 bits per heavy atom. The molecule has 0 spiro atoms. The van der Waals surface area contributed by atoms with Crippen molar-refractivity contribution < 1.29 is 9.15 Å². The molecule has 0 aliphatic carbocycles. The molecule has 0 bridgehead atoms. The molecule has 0 saturated carbocycles. The van der Waals surface area contributed by atoms with Gasteiger partial charge in [0, 0.05) is 11.5 Å². The summed E-state index contributed by atoms with van der Waals surface area (Å²) in [7, 11) is 0. The maximum absolute atomic E-state index is 11.5. The first-order valence-corrected chi connectivity index (χ1v) is 6.11. The zero-order valence-corrected chi connectivity index (χ0v) is 11.1. The van der Waals surface area contributed by atoms with Crippen molar-refractivity contribution in [3.63, 3.8) is 0 Å². The van der Waals surface area contributed by atoms with Crippen LogP contribution in [0.5, 0.6) is 5.75 Å². The van der Waals surface area contributed by atoms with Gasteiger partial charge < -0.3 is 9.15 Å². The Hall–Kier alpha value is -2.29. The Morgan fingerprint density at radius 1 is 1.42 bits per heavy atom. The quantitative estimate of drug-likeness (QED) is 0.618. The van der Waals surface area contributed by atoms with Gasteiger partial charge in [0.1, 0.15) is 17.9 Å². The number of rotatable bonds is 4. The molecule has 1 aromatic carbocycles. The van der Waals surface area contributed by atoms with Crippen LogP contribution in [-0.4, -0.2) is 6.61 Å². The third-order valence-electron chi connectivity index (χ3n) is 2.81. The van der Waals surface area contributed by atoms with E-state index in [-0.39, 0.29) is 5.63 Å². The van der Waals surface area contributed by atoms with E-state index in [1.165, 1.54) is 6.07 Å². The molecule has 1 aromatic heterocycles. The molecule has 19 heavy (non-hydrogen) atoms. The standard InChI is InChI=1S/C16H16O3/c1-4-6-13-14(18-9-5-2)8-7-12-11(3)10-15(17)19-16(12)13/h4-8,10H,2,9H2,1,3H3/b6-4+. The van der Waals surface area contributed by atoms with Crippen LogP contribution in [0.1, 0.15) is 18.1 Å². The lowest BCUT2D eigenvalue weighted by molar-refractivity contribution is 0.362. The van der Waals surface area contributed by atoms with Gasteiger partial charge in [-0.3, -0.25) is 0 Å². The zero-order chi connectivity index (χ0) is 13.8. The van der Waals surface area contributed by atoms with Crippen LogP contribution >= 0.6 is 0 Å². The summed E-state index contributed by atoms with van der Waals surface area (Å²) in [5, 5.41) is 0.915. The highest BCUT2D eigenvalue weighted by atomic mass is 16.5. The molecule has 0 aliphatic heterocycles. The van der Waals surface area contributed by atoms with Gasteiger partial charge in [0.2, 0.25) is 0 Å². The minimum atomic E-state index is -0.350. The van der Waals surface area contributed by atoms with E-state index in [9.17, 15) is 4.79 Å². The van der Waals surface area contributed by atoms with E-state index >= 15 is 0 Å². The fourth-order valence-electron chi connectivity index (χ4n) is 1.99. The summed E-state index contributed by atoms with van der Waals surface area (Å²) in [6, 6.07) is 5.28. The van der Waals surface area contributed by atoms with Crippen molar-refractivity contribution in [3.05, 3.63) is 58.5 Å². The molecule has 0 N–H and O–H groups in total. The van der Waals surface area contributed by atoms with Crippen molar-refractivity contribution in [2.24, 2.45) is 0 Å². The Balaban J connectivity index is 2.75. The molecule has 0 saturated heterocycles. The normalized spacial score (nSPS) is 11.1. The highest BCUT2D eigenvalue weighted by Crippen LogP contribution is 2.30. The first-order valence-electron chi connectivity index (χ1n) is 6.11. The summed E-state index contributed by atoms with van der Waals surface area (Å²) in [5.74, 6) is 0.680. The molecule has 0 amide bonds. The topological polar surface area (TPSA) is 39.4 Å². The van der Waals surface area contributed by atoms with Gasteiger partial charge in [0.15, 0.2) is 0 Å². The molecule has 3 nitrogen and oxygen atoms in total. The molecular formula is C16H16O3. The third-order valence-corrected chi connectivity index (χ3v) is 2.81. The first-order chi connectivity index (χ1) is 9.17. The molecule has 0 fully saturated rings. The third kappa shape index (κ3) is 2.60. The number of fused-ring (bicyclic) bond motifs is 1. The number of hydrogen-bond donors (Lipinski definition) is 0. The Kier molecular flexibility index (Phi) is 3.85. The number of ether oxygens (including phenoxy) is 1. The average molecular weight is 256 g/mol. The van der Waals surface area contributed by atoms with Crippen molar-refractivity contribution in [1.29, 1.82) is 0 Å². The summed E-state index contributed by atoms with van der Waals surface area (Å²) in [6.45, 7) is 7.83. The average Bonchev–Trinajstić information content (AvgIpc) is 2.38. The lowest BCUT2D eigenvalue weighted by atomic mass is 10.1. The molecule has 1 heterocycles. The maximum Gasteiger partial charge on any atom is 0.336 e. The Bertz CT molecular complexity index is 693. The Labute approximate surface area is 111 Å². The molecule has 3 heteroatoms. The van der Waals surface area contributed by atoms with E-state index in [4.69, 9.17) is 9.15 Å². The summed E-state index contributed by atoms with van der Waals surface area (Å²) in [6.07, 6.45) is 5.44. The summed E-state index contributed by atoms with van der Waals surface area (Å²) < 4.78 is 10.9. The van der Waals surface area contributed by atoms with E-state index in [0.717, 1.165) is 16.5 Å². The van der Waals surface area contributed by atoms with Crippen LogP contribution in [-0.2, 0) is 0 Å². The monoisotopic (exact) mass is 256 g/mol. The van der Waals surface area contributed by atoms with Crippen molar-refractivity contribution in [2.45, 2.75) is 13.8 Å². The largest absolute Gasteiger partial charge is 0.489 e. The maximum atomic E-state index is 11.5. The summed E-state index contributed by atoms with van der Waals surface area (Å²) in [4.78, 5) is 11.5. The zero-order valence-electron chi connectivity index (χ0n) is 11.1. The smallest absolute Gasteiger partial charge is 0.336 e. The SMILES string of the molecule is C=CCOc1ccc2c(C)cc(=O)oc2c1/C=C/C. The fourth-order valence-corrected chi connectivity index (χ4v) is 1.99. The van der Waals surface area contributed by atoms with Crippen molar-refractivity contribution in [2.75, 3.05) is 6.61 Å².